The average molecular weight is 182 g/mol. The fourth-order valence-corrected chi connectivity index (χ4v) is 0.767. The molecule has 1 aromatic rings. The molecule has 5 heteroatoms. The van der Waals surface area contributed by atoms with Gasteiger partial charge in [0.15, 0.2) is 0 Å². The second-order valence-corrected chi connectivity index (χ2v) is 2.75. The van der Waals surface area contributed by atoms with Crippen LogP contribution in [0.5, 0.6) is 0 Å². The number of carbonyl (C=O) groups is 1. The molecular weight excluding hydrogens is 172 g/mol. The molecule has 0 bridgehead atoms. The predicted octanol–water partition coefficient (Wildman–Crippen LogP) is 0.335. The summed E-state index contributed by atoms with van der Waals surface area (Å²) in [5, 5.41) is 0. The van der Waals surface area contributed by atoms with Gasteiger partial charge < -0.3 is 9.72 Å². The number of H-pyrrole nitrogens is 1. The molecule has 0 saturated heterocycles. The van der Waals surface area contributed by atoms with Crippen molar-refractivity contribution in [2.45, 2.75) is 20.0 Å². The third kappa shape index (κ3) is 2.40. The van der Waals surface area contributed by atoms with E-state index >= 15 is 0 Å². The third-order valence-corrected chi connectivity index (χ3v) is 1.28. The van der Waals surface area contributed by atoms with E-state index in [2.05, 4.69) is 9.97 Å². The lowest BCUT2D eigenvalue weighted by Gasteiger charge is -2.05. The van der Waals surface area contributed by atoms with Gasteiger partial charge in [-0.1, -0.05) is 0 Å². The van der Waals surface area contributed by atoms with Crippen LogP contribution >= 0.6 is 0 Å². The van der Waals surface area contributed by atoms with Gasteiger partial charge in [0.1, 0.15) is 5.56 Å². The largest absolute Gasteiger partial charge is 0.459 e. The van der Waals surface area contributed by atoms with E-state index in [0.29, 0.717) is 0 Å². The van der Waals surface area contributed by atoms with E-state index in [1.54, 1.807) is 13.8 Å². The minimum atomic E-state index is -0.649. The number of rotatable bonds is 2. The van der Waals surface area contributed by atoms with Crippen LogP contribution in [0, 0.1) is 0 Å². The minimum Gasteiger partial charge on any atom is -0.459 e. The van der Waals surface area contributed by atoms with Crippen LogP contribution in [0.25, 0.3) is 0 Å². The average Bonchev–Trinajstić information content (AvgIpc) is 2.03. The SMILES string of the molecule is CC(C)OC(=O)c1cnc[nH]c1=O. The first kappa shape index (κ1) is 9.44. The molecule has 1 aromatic heterocycles. The van der Waals surface area contributed by atoms with E-state index < -0.39 is 11.5 Å². The molecule has 0 aliphatic heterocycles. The van der Waals surface area contributed by atoms with Gasteiger partial charge in [0.2, 0.25) is 0 Å². The van der Waals surface area contributed by atoms with E-state index in [9.17, 15) is 9.59 Å². The van der Waals surface area contributed by atoms with Crippen molar-refractivity contribution in [2.24, 2.45) is 0 Å². The van der Waals surface area contributed by atoms with Gasteiger partial charge in [0.05, 0.1) is 12.4 Å². The lowest BCUT2D eigenvalue weighted by molar-refractivity contribution is 0.0375. The maximum atomic E-state index is 11.2. The molecule has 0 aliphatic rings. The van der Waals surface area contributed by atoms with Gasteiger partial charge in [0, 0.05) is 6.20 Å². The molecule has 1 rings (SSSR count). The van der Waals surface area contributed by atoms with Crippen molar-refractivity contribution in [3.05, 3.63) is 28.4 Å². The minimum absolute atomic E-state index is 0.0730. The molecule has 5 nitrogen and oxygen atoms in total. The van der Waals surface area contributed by atoms with Gasteiger partial charge in [-0.05, 0) is 13.8 Å². The van der Waals surface area contributed by atoms with Crippen molar-refractivity contribution in [1.29, 1.82) is 0 Å². The topological polar surface area (TPSA) is 72.0 Å². The summed E-state index contributed by atoms with van der Waals surface area (Å²) in [6.07, 6.45) is 2.16. The van der Waals surface area contributed by atoms with Crippen LogP contribution in [0.15, 0.2) is 17.3 Å². The normalized spacial score (nSPS) is 10.1. The van der Waals surface area contributed by atoms with Crippen LogP contribution in [0.2, 0.25) is 0 Å². The molecule has 0 radical (unpaired) electrons. The fraction of sp³-hybridized carbons (Fsp3) is 0.375. The van der Waals surface area contributed by atoms with Crippen molar-refractivity contribution in [3.63, 3.8) is 0 Å². The van der Waals surface area contributed by atoms with Crippen LogP contribution in [0.4, 0.5) is 0 Å². The highest BCUT2D eigenvalue weighted by Crippen LogP contribution is 1.95. The van der Waals surface area contributed by atoms with Crippen molar-refractivity contribution in [2.75, 3.05) is 0 Å². The summed E-state index contributed by atoms with van der Waals surface area (Å²) in [6.45, 7) is 3.42. The molecule has 13 heavy (non-hydrogen) atoms. The Morgan fingerprint density at radius 3 is 2.85 bits per heavy atom. The number of esters is 1. The highest BCUT2D eigenvalue weighted by atomic mass is 16.5. The Bertz CT molecular complexity index is 356. The number of hydrogen-bond acceptors (Lipinski definition) is 4. The Hall–Kier alpha value is -1.65. The van der Waals surface area contributed by atoms with Gasteiger partial charge in [0.25, 0.3) is 5.56 Å². The molecule has 70 valence electrons. The summed E-state index contributed by atoms with van der Waals surface area (Å²) in [7, 11) is 0. The van der Waals surface area contributed by atoms with Crippen molar-refractivity contribution >= 4 is 5.97 Å². The number of carbonyl (C=O) groups excluding carboxylic acids is 1. The van der Waals surface area contributed by atoms with E-state index in [1.165, 1.54) is 12.5 Å². The molecule has 0 aliphatic carbocycles. The maximum absolute atomic E-state index is 11.2. The van der Waals surface area contributed by atoms with Crippen LogP contribution < -0.4 is 5.56 Å². The Morgan fingerprint density at radius 2 is 2.31 bits per heavy atom. The summed E-state index contributed by atoms with van der Waals surface area (Å²) >= 11 is 0. The Kier molecular flexibility index (Phi) is 2.79. The molecule has 0 aromatic carbocycles. The van der Waals surface area contributed by atoms with Crippen LogP contribution in [-0.4, -0.2) is 22.0 Å². The number of hydrogen-bond donors (Lipinski definition) is 1. The summed E-state index contributed by atoms with van der Waals surface area (Å²) in [6, 6.07) is 0. The summed E-state index contributed by atoms with van der Waals surface area (Å²) in [5.74, 6) is -0.649. The summed E-state index contributed by atoms with van der Waals surface area (Å²) < 4.78 is 4.82. The summed E-state index contributed by atoms with van der Waals surface area (Å²) in [4.78, 5) is 28.1. The molecule has 0 saturated carbocycles. The molecule has 0 atom stereocenters. The standard InChI is InChI=1S/C8H10N2O3/c1-5(2)13-8(12)6-3-9-4-10-7(6)11/h3-5H,1-2H3,(H,9,10,11). The van der Waals surface area contributed by atoms with Crippen molar-refractivity contribution in [1.82, 2.24) is 9.97 Å². The second-order valence-electron chi connectivity index (χ2n) is 2.75. The van der Waals surface area contributed by atoms with Crippen LogP contribution in [0.1, 0.15) is 24.2 Å². The monoisotopic (exact) mass is 182 g/mol. The molecule has 1 heterocycles. The van der Waals surface area contributed by atoms with E-state index in [0.717, 1.165) is 0 Å². The molecular formula is C8H10N2O3. The molecule has 0 unspecified atom stereocenters. The van der Waals surface area contributed by atoms with Gasteiger partial charge in [-0.25, -0.2) is 9.78 Å². The second kappa shape index (κ2) is 3.84. The first-order valence-corrected chi connectivity index (χ1v) is 3.85. The number of aromatic amines is 1. The Balaban J connectivity index is 2.90. The van der Waals surface area contributed by atoms with Crippen LogP contribution in [0.3, 0.4) is 0 Å². The van der Waals surface area contributed by atoms with Crippen LogP contribution in [-0.2, 0) is 4.74 Å². The number of nitrogens with zero attached hydrogens (tertiary/aromatic N) is 1. The van der Waals surface area contributed by atoms with Gasteiger partial charge in [-0.3, -0.25) is 4.79 Å². The zero-order valence-electron chi connectivity index (χ0n) is 7.40. The first-order chi connectivity index (χ1) is 6.11. The lowest BCUT2D eigenvalue weighted by Crippen LogP contribution is -2.21. The molecule has 0 spiro atoms. The number of aromatic nitrogens is 2. The maximum Gasteiger partial charge on any atom is 0.345 e. The Labute approximate surface area is 74.8 Å². The molecule has 1 N–H and O–H groups in total. The van der Waals surface area contributed by atoms with Gasteiger partial charge in [-0.15, -0.1) is 0 Å². The third-order valence-electron chi connectivity index (χ3n) is 1.28. The van der Waals surface area contributed by atoms with Gasteiger partial charge in [-0.2, -0.15) is 0 Å². The van der Waals surface area contributed by atoms with E-state index in [4.69, 9.17) is 4.74 Å². The highest BCUT2D eigenvalue weighted by Gasteiger charge is 2.12. The highest BCUT2D eigenvalue weighted by molar-refractivity contribution is 5.88. The zero-order chi connectivity index (χ0) is 9.84. The van der Waals surface area contributed by atoms with Gasteiger partial charge >= 0.3 is 5.97 Å². The Morgan fingerprint density at radius 1 is 1.62 bits per heavy atom. The first-order valence-electron chi connectivity index (χ1n) is 3.85. The number of nitrogens with one attached hydrogen (secondary N) is 1. The fourth-order valence-electron chi connectivity index (χ4n) is 0.767. The number of ether oxygens (including phenoxy) is 1. The van der Waals surface area contributed by atoms with Crippen molar-refractivity contribution < 1.29 is 9.53 Å². The van der Waals surface area contributed by atoms with E-state index in [-0.39, 0.29) is 11.7 Å². The predicted molar refractivity (Wildman–Crippen MR) is 45.4 cm³/mol. The summed E-state index contributed by atoms with van der Waals surface area (Å²) in [5.41, 5.74) is -0.558. The molecule has 0 fully saturated rings. The van der Waals surface area contributed by atoms with Crippen molar-refractivity contribution in [3.8, 4) is 0 Å². The smallest absolute Gasteiger partial charge is 0.345 e. The van der Waals surface area contributed by atoms with E-state index in [1.807, 2.05) is 0 Å². The quantitative estimate of drug-likeness (QED) is 0.669. The zero-order valence-corrected chi connectivity index (χ0v) is 7.40. The molecule has 0 amide bonds. The lowest BCUT2D eigenvalue weighted by atomic mass is 10.3.